The highest BCUT2D eigenvalue weighted by Gasteiger charge is 2.07. The molecule has 0 aliphatic carbocycles. The highest BCUT2D eigenvalue weighted by molar-refractivity contribution is 5.84. The molecule has 3 N–H and O–H groups in total. The fraction of sp³-hybridized carbons (Fsp3) is 0.167. The van der Waals surface area contributed by atoms with E-state index in [4.69, 9.17) is 0 Å². The number of aromatic nitrogens is 2. The van der Waals surface area contributed by atoms with E-state index in [-0.39, 0.29) is 5.69 Å². The first-order chi connectivity index (χ1) is 9.19. The van der Waals surface area contributed by atoms with Gasteiger partial charge in [-0.3, -0.25) is 5.32 Å². The lowest BCUT2D eigenvalue weighted by Gasteiger charge is -2.08. The Bertz CT molecular complexity index is 557. The summed E-state index contributed by atoms with van der Waals surface area (Å²) in [5, 5.41) is 5.28. The van der Waals surface area contributed by atoms with Crippen molar-refractivity contribution < 1.29 is 13.9 Å². The topological polar surface area (TPSA) is 79.0 Å². The summed E-state index contributed by atoms with van der Waals surface area (Å²) in [4.78, 5) is 17.9. The number of benzene rings is 1. The predicted octanol–water partition coefficient (Wildman–Crippen LogP) is 2.34. The number of imidazole rings is 1. The van der Waals surface area contributed by atoms with Gasteiger partial charge in [0.1, 0.15) is 11.6 Å². The molecule has 0 aliphatic heterocycles. The molecule has 0 radical (unpaired) electrons. The average molecular weight is 264 g/mol. The Hall–Kier alpha value is -2.57. The highest BCUT2D eigenvalue weighted by atomic mass is 19.1. The van der Waals surface area contributed by atoms with Gasteiger partial charge in [0.2, 0.25) is 0 Å². The van der Waals surface area contributed by atoms with Gasteiger partial charge in [-0.2, -0.15) is 0 Å². The zero-order valence-electron chi connectivity index (χ0n) is 10.2. The minimum Gasteiger partial charge on any atom is -0.453 e. The van der Waals surface area contributed by atoms with Crippen molar-refractivity contribution in [2.75, 3.05) is 17.7 Å². The molecule has 19 heavy (non-hydrogen) atoms. The van der Waals surface area contributed by atoms with Crippen LogP contribution in [0, 0.1) is 5.82 Å². The van der Waals surface area contributed by atoms with Gasteiger partial charge in [-0.15, -0.1) is 0 Å². The number of aromatic amines is 1. The number of halogens is 1. The lowest BCUT2D eigenvalue weighted by Crippen LogP contribution is -2.12. The van der Waals surface area contributed by atoms with Gasteiger partial charge in [0.15, 0.2) is 0 Å². The van der Waals surface area contributed by atoms with Gasteiger partial charge in [0, 0.05) is 18.1 Å². The zero-order chi connectivity index (χ0) is 13.7. The van der Waals surface area contributed by atoms with Gasteiger partial charge >= 0.3 is 6.09 Å². The Morgan fingerprint density at radius 1 is 1.53 bits per heavy atom. The Kier molecular flexibility index (Phi) is 3.97. The molecule has 1 heterocycles. The number of ether oxygens (including phenoxy) is 1. The number of anilines is 2. The van der Waals surface area contributed by atoms with E-state index < -0.39 is 11.9 Å². The first kappa shape index (κ1) is 12.9. The molecule has 2 rings (SSSR count). The molecule has 0 unspecified atom stereocenters. The lowest BCUT2D eigenvalue weighted by molar-refractivity contribution is 0.187. The second-order valence-corrected chi connectivity index (χ2v) is 3.70. The van der Waals surface area contributed by atoms with E-state index in [9.17, 15) is 9.18 Å². The van der Waals surface area contributed by atoms with Gasteiger partial charge in [0.05, 0.1) is 19.3 Å². The van der Waals surface area contributed by atoms with Crippen LogP contribution in [0.1, 0.15) is 5.82 Å². The summed E-state index contributed by atoms with van der Waals surface area (Å²) in [5.74, 6) is 0.201. The monoisotopic (exact) mass is 264 g/mol. The van der Waals surface area contributed by atoms with E-state index in [2.05, 4.69) is 25.3 Å². The van der Waals surface area contributed by atoms with Gasteiger partial charge in [-0.1, -0.05) is 0 Å². The van der Waals surface area contributed by atoms with E-state index in [1.165, 1.54) is 19.2 Å². The summed E-state index contributed by atoms with van der Waals surface area (Å²) >= 11 is 0. The number of amides is 1. The lowest BCUT2D eigenvalue weighted by atomic mass is 10.2. The van der Waals surface area contributed by atoms with E-state index in [1.807, 2.05) is 0 Å². The van der Waals surface area contributed by atoms with Crippen LogP contribution < -0.4 is 10.6 Å². The van der Waals surface area contributed by atoms with Crippen molar-refractivity contribution >= 4 is 17.5 Å². The zero-order valence-corrected chi connectivity index (χ0v) is 10.2. The second kappa shape index (κ2) is 5.85. The fourth-order valence-corrected chi connectivity index (χ4v) is 1.47. The Labute approximate surface area is 109 Å². The van der Waals surface area contributed by atoms with E-state index >= 15 is 0 Å². The SMILES string of the molecule is COC(=O)Nc1ccc(NCc2ncc[nH]2)cc1F. The van der Waals surface area contributed by atoms with Crippen LogP contribution >= 0.6 is 0 Å². The van der Waals surface area contributed by atoms with Crippen LogP contribution in [0.25, 0.3) is 0 Å². The molecule has 1 amide bonds. The average Bonchev–Trinajstić information content (AvgIpc) is 2.92. The van der Waals surface area contributed by atoms with Crippen LogP contribution in [-0.4, -0.2) is 23.2 Å². The molecule has 0 aliphatic rings. The minimum absolute atomic E-state index is 0.0652. The van der Waals surface area contributed by atoms with Gasteiger partial charge in [-0.05, 0) is 18.2 Å². The summed E-state index contributed by atoms with van der Waals surface area (Å²) in [5.41, 5.74) is 0.653. The summed E-state index contributed by atoms with van der Waals surface area (Å²) in [6, 6.07) is 4.39. The van der Waals surface area contributed by atoms with Crippen LogP contribution in [0.5, 0.6) is 0 Å². The maximum Gasteiger partial charge on any atom is 0.411 e. The summed E-state index contributed by atoms with van der Waals surface area (Å²) < 4.78 is 18.1. The molecule has 100 valence electrons. The standard InChI is InChI=1S/C12H13FN4O2/c1-19-12(18)17-10-3-2-8(6-9(10)13)16-7-11-14-4-5-15-11/h2-6,16H,7H2,1H3,(H,14,15)(H,17,18). The minimum atomic E-state index is -0.713. The molecule has 2 aromatic rings. The molecule has 0 saturated heterocycles. The molecule has 6 nitrogen and oxygen atoms in total. The largest absolute Gasteiger partial charge is 0.453 e. The van der Waals surface area contributed by atoms with Crippen LogP contribution in [0.4, 0.5) is 20.6 Å². The number of methoxy groups -OCH3 is 1. The van der Waals surface area contributed by atoms with Crippen molar-refractivity contribution in [3.8, 4) is 0 Å². The predicted molar refractivity (Wildman–Crippen MR) is 68.3 cm³/mol. The number of carbonyl (C=O) groups is 1. The molecule has 0 bridgehead atoms. The third kappa shape index (κ3) is 3.44. The van der Waals surface area contributed by atoms with Crippen LogP contribution in [-0.2, 0) is 11.3 Å². The van der Waals surface area contributed by atoms with Gasteiger partial charge in [-0.25, -0.2) is 14.2 Å². The molecule has 0 saturated carbocycles. The summed E-state index contributed by atoms with van der Waals surface area (Å²) in [6.45, 7) is 0.455. The number of carbonyl (C=O) groups excluding carboxylic acids is 1. The molecule has 0 fully saturated rings. The maximum absolute atomic E-state index is 13.7. The van der Waals surface area contributed by atoms with Crippen molar-refractivity contribution in [2.24, 2.45) is 0 Å². The normalized spacial score (nSPS) is 10.0. The van der Waals surface area contributed by atoms with Crippen molar-refractivity contribution in [1.29, 1.82) is 0 Å². The Morgan fingerprint density at radius 2 is 2.37 bits per heavy atom. The summed E-state index contributed by atoms with van der Waals surface area (Å²) in [6.07, 6.45) is 2.64. The number of nitrogens with one attached hydrogen (secondary N) is 3. The number of hydrogen-bond donors (Lipinski definition) is 3. The molecule has 0 spiro atoms. The van der Waals surface area contributed by atoms with Crippen molar-refractivity contribution in [2.45, 2.75) is 6.54 Å². The smallest absolute Gasteiger partial charge is 0.411 e. The van der Waals surface area contributed by atoms with Crippen molar-refractivity contribution in [3.05, 3.63) is 42.2 Å². The second-order valence-electron chi connectivity index (χ2n) is 3.70. The Balaban J connectivity index is 2.00. The molecular weight excluding hydrogens is 251 g/mol. The van der Waals surface area contributed by atoms with Crippen LogP contribution in [0.3, 0.4) is 0 Å². The van der Waals surface area contributed by atoms with Gasteiger partial charge < -0.3 is 15.0 Å². The molecule has 0 atom stereocenters. The molecular formula is C12H13FN4O2. The highest BCUT2D eigenvalue weighted by Crippen LogP contribution is 2.19. The van der Waals surface area contributed by atoms with Crippen LogP contribution in [0.15, 0.2) is 30.6 Å². The van der Waals surface area contributed by atoms with Gasteiger partial charge in [0.25, 0.3) is 0 Å². The van der Waals surface area contributed by atoms with Crippen molar-refractivity contribution in [3.63, 3.8) is 0 Å². The third-order valence-electron chi connectivity index (χ3n) is 2.41. The third-order valence-corrected chi connectivity index (χ3v) is 2.41. The summed E-state index contributed by atoms with van der Waals surface area (Å²) in [7, 11) is 1.21. The number of nitrogens with zero attached hydrogens (tertiary/aromatic N) is 1. The molecule has 1 aromatic heterocycles. The van der Waals surface area contributed by atoms with Crippen molar-refractivity contribution in [1.82, 2.24) is 9.97 Å². The number of hydrogen-bond acceptors (Lipinski definition) is 4. The maximum atomic E-state index is 13.7. The molecule has 1 aromatic carbocycles. The van der Waals surface area contributed by atoms with E-state index in [1.54, 1.807) is 18.5 Å². The fourth-order valence-electron chi connectivity index (χ4n) is 1.47. The van der Waals surface area contributed by atoms with E-state index in [0.29, 0.717) is 12.2 Å². The molecule has 7 heteroatoms. The first-order valence-corrected chi connectivity index (χ1v) is 5.55. The number of rotatable bonds is 4. The van der Waals surface area contributed by atoms with Crippen LogP contribution in [0.2, 0.25) is 0 Å². The number of H-pyrrole nitrogens is 1. The first-order valence-electron chi connectivity index (χ1n) is 5.55. The quantitative estimate of drug-likeness (QED) is 0.792. The van der Waals surface area contributed by atoms with E-state index in [0.717, 1.165) is 5.82 Å². The Morgan fingerprint density at radius 3 is 3.00 bits per heavy atom.